The zero-order valence-electron chi connectivity index (χ0n) is 13.4. The number of hydrogen-bond acceptors (Lipinski definition) is 3. The van der Waals surface area contributed by atoms with Crippen LogP contribution in [0.25, 0.3) is 0 Å². The van der Waals surface area contributed by atoms with E-state index >= 15 is 0 Å². The van der Waals surface area contributed by atoms with Gasteiger partial charge >= 0.3 is 0 Å². The van der Waals surface area contributed by atoms with Gasteiger partial charge in [-0.3, -0.25) is 4.79 Å². The van der Waals surface area contributed by atoms with Gasteiger partial charge in [0.2, 0.25) is 0 Å². The Balaban J connectivity index is 2.53. The third kappa shape index (κ3) is 6.17. The third-order valence-electron chi connectivity index (χ3n) is 3.47. The molecule has 2 N–H and O–H groups in total. The van der Waals surface area contributed by atoms with Crippen LogP contribution in [-0.2, 0) is 11.2 Å². The first-order valence-electron chi connectivity index (χ1n) is 7.70. The molecule has 4 nitrogen and oxygen atoms in total. The summed E-state index contributed by atoms with van der Waals surface area (Å²) in [5.74, 6) is 0.577. The number of amides is 1. The molecule has 0 aliphatic rings. The van der Waals surface area contributed by atoms with E-state index in [1.807, 2.05) is 24.3 Å². The maximum absolute atomic E-state index is 12.0. The Labute approximate surface area is 127 Å². The first-order chi connectivity index (χ1) is 9.96. The molecule has 4 heteroatoms. The summed E-state index contributed by atoms with van der Waals surface area (Å²) in [4.78, 5) is 12.0. The molecule has 21 heavy (non-hydrogen) atoms. The molecule has 0 heterocycles. The molecule has 1 aromatic rings. The standard InChI is InChI=1S/C17H27NO3/c1-5-15(6-2)18-17(20)13(4)21-16-9-7-14(8-10-16)11-12(3)19/h7-10,12-13,15,19H,5-6,11H2,1-4H3,(H,18,20). The highest BCUT2D eigenvalue weighted by molar-refractivity contribution is 5.81. The van der Waals surface area contributed by atoms with Crippen molar-refractivity contribution in [3.63, 3.8) is 0 Å². The fourth-order valence-corrected chi connectivity index (χ4v) is 2.11. The summed E-state index contributed by atoms with van der Waals surface area (Å²) < 4.78 is 5.65. The van der Waals surface area contributed by atoms with Crippen molar-refractivity contribution in [2.45, 2.75) is 65.2 Å². The number of hydrogen-bond donors (Lipinski definition) is 2. The molecule has 0 radical (unpaired) electrons. The number of ether oxygens (including phenoxy) is 1. The molecular weight excluding hydrogens is 266 g/mol. The van der Waals surface area contributed by atoms with Crippen LogP contribution >= 0.6 is 0 Å². The van der Waals surface area contributed by atoms with Gasteiger partial charge in [-0.1, -0.05) is 26.0 Å². The minimum Gasteiger partial charge on any atom is -0.481 e. The molecule has 2 unspecified atom stereocenters. The van der Waals surface area contributed by atoms with Gasteiger partial charge in [-0.25, -0.2) is 0 Å². The fraction of sp³-hybridized carbons (Fsp3) is 0.588. The maximum atomic E-state index is 12.0. The molecule has 0 aliphatic carbocycles. The number of aliphatic hydroxyl groups excluding tert-OH is 1. The highest BCUT2D eigenvalue weighted by Gasteiger charge is 2.17. The highest BCUT2D eigenvalue weighted by atomic mass is 16.5. The van der Waals surface area contributed by atoms with Gasteiger partial charge in [0.25, 0.3) is 5.91 Å². The molecule has 1 amide bonds. The Morgan fingerprint density at radius 1 is 1.19 bits per heavy atom. The van der Waals surface area contributed by atoms with Crippen molar-refractivity contribution in [2.75, 3.05) is 0 Å². The normalized spacial score (nSPS) is 13.8. The maximum Gasteiger partial charge on any atom is 0.260 e. The summed E-state index contributed by atoms with van der Waals surface area (Å²) in [6.45, 7) is 7.62. The second-order valence-electron chi connectivity index (χ2n) is 5.48. The quantitative estimate of drug-likeness (QED) is 0.775. The molecule has 0 bridgehead atoms. The molecule has 118 valence electrons. The van der Waals surface area contributed by atoms with E-state index in [0.717, 1.165) is 18.4 Å². The first-order valence-corrected chi connectivity index (χ1v) is 7.70. The molecule has 0 aliphatic heterocycles. The van der Waals surface area contributed by atoms with Gasteiger partial charge in [-0.15, -0.1) is 0 Å². The minimum absolute atomic E-state index is 0.0863. The van der Waals surface area contributed by atoms with E-state index in [4.69, 9.17) is 4.74 Å². The van der Waals surface area contributed by atoms with Crippen LogP contribution in [0.4, 0.5) is 0 Å². The van der Waals surface area contributed by atoms with Crippen molar-refractivity contribution >= 4 is 5.91 Å². The molecule has 1 aromatic carbocycles. The van der Waals surface area contributed by atoms with Crippen molar-refractivity contribution in [3.05, 3.63) is 29.8 Å². The van der Waals surface area contributed by atoms with E-state index in [9.17, 15) is 9.90 Å². The van der Waals surface area contributed by atoms with Crippen molar-refractivity contribution in [3.8, 4) is 5.75 Å². The van der Waals surface area contributed by atoms with E-state index in [1.165, 1.54) is 0 Å². The summed E-state index contributed by atoms with van der Waals surface area (Å²) in [5.41, 5.74) is 1.05. The van der Waals surface area contributed by atoms with Crippen LogP contribution in [0.3, 0.4) is 0 Å². The van der Waals surface area contributed by atoms with Crippen molar-refractivity contribution in [2.24, 2.45) is 0 Å². The van der Waals surface area contributed by atoms with Gasteiger partial charge in [0.05, 0.1) is 6.10 Å². The Hall–Kier alpha value is -1.55. The second kappa shape index (κ2) is 8.67. The Kier molecular flexibility index (Phi) is 7.23. The van der Waals surface area contributed by atoms with Crippen molar-refractivity contribution in [1.29, 1.82) is 0 Å². The van der Waals surface area contributed by atoms with Crippen LogP contribution in [0.1, 0.15) is 46.1 Å². The van der Waals surface area contributed by atoms with Gasteiger partial charge in [-0.05, 0) is 50.8 Å². The molecule has 0 aromatic heterocycles. The Morgan fingerprint density at radius 2 is 1.76 bits per heavy atom. The highest BCUT2D eigenvalue weighted by Crippen LogP contribution is 2.15. The summed E-state index contributed by atoms with van der Waals surface area (Å²) in [6, 6.07) is 7.69. The lowest BCUT2D eigenvalue weighted by atomic mass is 10.1. The van der Waals surface area contributed by atoms with E-state index in [0.29, 0.717) is 12.2 Å². The SMILES string of the molecule is CCC(CC)NC(=O)C(C)Oc1ccc(CC(C)O)cc1. The molecule has 0 fully saturated rings. The predicted octanol–water partition coefficient (Wildman–Crippen LogP) is 2.68. The average Bonchev–Trinajstić information content (AvgIpc) is 2.45. The minimum atomic E-state index is -0.520. The van der Waals surface area contributed by atoms with Crippen molar-refractivity contribution in [1.82, 2.24) is 5.32 Å². The molecule has 2 atom stereocenters. The number of benzene rings is 1. The smallest absolute Gasteiger partial charge is 0.260 e. The number of aliphatic hydroxyl groups is 1. The Morgan fingerprint density at radius 3 is 2.24 bits per heavy atom. The predicted molar refractivity (Wildman–Crippen MR) is 84.4 cm³/mol. The van der Waals surface area contributed by atoms with Gasteiger partial charge < -0.3 is 15.2 Å². The number of rotatable bonds is 8. The van der Waals surface area contributed by atoms with Crippen LogP contribution in [0, 0.1) is 0 Å². The topological polar surface area (TPSA) is 58.6 Å². The molecule has 0 spiro atoms. The van der Waals surface area contributed by atoms with E-state index in [2.05, 4.69) is 19.2 Å². The third-order valence-corrected chi connectivity index (χ3v) is 3.47. The fourth-order valence-electron chi connectivity index (χ4n) is 2.11. The monoisotopic (exact) mass is 293 g/mol. The number of carbonyl (C=O) groups is 1. The average molecular weight is 293 g/mol. The molecule has 0 saturated heterocycles. The number of nitrogens with one attached hydrogen (secondary N) is 1. The van der Waals surface area contributed by atoms with Crippen LogP contribution in [0.2, 0.25) is 0 Å². The largest absolute Gasteiger partial charge is 0.481 e. The zero-order chi connectivity index (χ0) is 15.8. The van der Waals surface area contributed by atoms with Gasteiger partial charge in [-0.2, -0.15) is 0 Å². The van der Waals surface area contributed by atoms with Crippen LogP contribution in [-0.4, -0.2) is 29.3 Å². The van der Waals surface area contributed by atoms with Crippen molar-refractivity contribution < 1.29 is 14.6 Å². The van der Waals surface area contributed by atoms with E-state index < -0.39 is 6.10 Å². The summed E-state index contributed by atoms with van der Waals surface area (Å²) in [5, 5.41) is 12.3. The summed E-state index contributed by atoms with van der Waals surface area (Å²) >= 11 is 0. The molecular formula is C17H27NO3. The summed E-state index contributed by atoms with van der Waals surface area (Å²) in [6.07, 6.45) is 1.58. The zero-order valence-corrected chi connectivity index (χ0v) is 13.4. The Bertz CT molecular complexity index is 424. The van der Waals surface area contributed by atoms with Gasteiger partial charge in [0, 0.05) is 6.04 Å². The van der Waals surface area contributed by atoms with E-state index in [-0.39, 0.29) is 18.1 Å². The van der Waals surface area contributed by atoms with Gasteiger partial charge in [0.15, 0.2) is 6.10 Å². The number of carbonyl (C=O) groups excluding carboxylic acids is 1. The summed E-state index contributed by atoms with van der Waals surface area (Å²) in [7, 11) is 0. The lowest BCUT2D eigenvalue weighted by molar-refractivity contribution is -0.128. The van der Waals surface area contributed by atoms with Crippen LogP contribution in [0.15, 0.2) is 24.3 Å². The molecule has 0 saturated carbocycles. The second-order valence-corrected chi connectivity index (χ2v) is 5.48. The first kappa shape index (κ1) is 17.5. The lowest BCUT2D eigenvalue weighted by Crippen LogP contribution is -2.42. The van der Waals surface area contributed by atoms with E-state index in [1.54, 1.807) is 13.8 Å². The lowest BCUT2D eigenvalue weighted by Gasteiger charge is -2.19. The molecule has 1 rings (SSSR count). The van der Waals surface area contributed by atoms with Crippen LogP contribution in [0.5, 0.6) is 5.75 Å². The van der Waals surface area contributed by atoms with Crippen LogP contribution < -0.4 is 10.1 Å². The van der Waals surface area contributed by atoms with Gasteiger partial charge in [0.1, 0.15) is 5.75 Å².